The number of halogens is 2. The molecule has 0 saturated heterocycles. The summed E-state index contributed by atoms with van der Waals surface area (Å²) in [6.07, 6.45) is 0.159. The van der Waals surface area contributed by atoms with Crippen molar-refractivity contribution in [3.63, 3.8) is 0 Å². The Balaban J connectivity index is 2.56. The molecule has 0 aromatic heterocycles. The summed E-state index contributed by atoms with van der Waals surface area (Å²) in [5, 5.41) is 0.865. The van der Waals surface area contributed by atoms with E-state index in [1.807, 2.05) is 0 Å². The first-order chi connectivity index (χ1) is 7.49. The number of nitrogens with one attached hydrogen (secondary N) is 2. The van der Waals surface area contributed by atoms with E-state index in [9.17, 15) is 4.79 Å². The maximum atomic E-state index is 11.3. The summed E-state index contributed by atoms with van der Waals surface area (Å²) >= 11 is 16.1. The van der Waals surface area contributed by atoms with Gasteiger partial charge in [0.2, 0.25) is 5.91 Å². The largest absolute Gasteiger partial charge is 0.375 e. The quantitative estimate of drug-likeness (QED) is 0.565. The lowest BCUT2D eigenvalue weighted by Crippen LogP contribution is -2.44. The van der Waals surface area contributed by atoms with E-state index < -0.39 is 0 Å². The maximum Gasteiger partial charge on any atom is 0.242 e. The Morgan fingerprint density at radius 3 is 2.56 bits per heavy atom. The minimum atomic E-state index is -0.272. The third-order valence-electron chi connectivity index (χ3n) is 1.67. The second kappa shape index (κ2) is 5.89. The number of benzene rings is 1. The van der Waals surface area contributed by atoms with Crippen molar-refractivity contribution < 1.29 is 4.79 Å². The molecule has 1 aromatic carbocycles. The minimum Gasteiger partial charge on any atom is -0.375 e. The SMILES string of the molecule is NC(=S)NNC(=O)Cc1ccc(Cl)c(Cl)c1. The van der Waals surface area contributed by atoms with Crippen molar-refractivity contribution in [3.8, 4) is 0 Å². The Hall–Kier alpha value is -1.04. The van der Waals surface area contributed by atoms with Crippen LogP contribution in [0.4, 0.5) is 0 Å². The van der Waals surface area contributed by atoms with Crippen LogP contribution in [0.2, 0.25) is 10.0 Å². The highest BCUT2D eigenvalue weighted by molar-refractivity contribution is 7.80. The van der Waals surface area contributed by atoms with E-state index in [-0.39, 0.29) is 17.4 Å². The number of rotatable bonds is 2. The van der Waals surface area contributed by atoms with Gasteiger partial charge in [-0.2, -0.15) is 0 Å². The van der Waals surface area contributed by atoms with Gasteiger partial charge in [0.1, 0.15) is 0 Å². The van der Waals surface area contributed by atoms with Crippen molar-refractivity contribution in [2.24, 2.45) is 5.73 Å². The van der Waals surface area contributed by atoms with Crippen LogP contribution in [0.3, 0.4) is 0 Å². The predicted octanol–water partition coefficient (Wildman–Crippen LogP) is 1.40. The highest BCUT2D eigenvalue weighted by atomic mass is 35.5. The maximum absolute atomic E-state index is 11.3. The lowest BCUT2D eigenvalue weighted by atomic mass is 10.1. The van der Waals surface area contributed by atoms with Gasteiger partial charge in [-0.1, -0.05) is 29.3 Å². The molecule has 0 saturated carbocycles. The van der Waals surface area contributed by atoms with E-state index in [4.69, 9.17) is 28.9 Å². The zero-order valence-electron chi connectivity index (χ0n) is 8.09. The van der Waals surface area contributed by atoms with Gasteiger partial charge in [0.25, 0.3) is 0 Å². The molecule has 0 aliphatic carbocycles. The fourth-order valence-corrected chi connectivity index (χ4v) is 1.38. The highest BCUT2D eigenvalue weighted by Crippen LogP contribution is 2.22. The van der Waals surface area contributed by atoms with Gasteiger partial charge >= 0.3 is 0 Å². The molecule has 0 fully saturated rings. The fourth-order valence-electron chi connectivity index (χ4n) is 1.01. The van der Waals surface area contributed by atoms with E-state index in [0.29, 0.717) is 10.0 Å². The fraction of sp³-hybridized carbons (Fsp3) is 0.111. The Morgan fingerprint density at radius 1 is 1.31 bits per heavy atom. The van der Waals surface area contributed by atoms with Crippen LogP contribution in [0.25, 0.3) is 0 Å². The number of hydrogen-bond acceptors (Lipinski definition) is 2. The molecule has 4 nitrogen and oxygen atoms in total. The van der Waals surface area contributed by atoms with Crippen molar-refractivity contribution in [2.45, 2.75) is 6.42 Å². The minimum absolute atomic E-state index is 0.00230. The number of carbonyl (C=O) groups is 1. The number of nitrogens with two attached hydrogens (primary N) is 1. The summed E-state index contributed by atoms with van der Waals surface area (Å²) in [6, 6.07) is 4.98. The summed E-state index contributed by atoms with van der Waals surface area (Å²) < 4.78 is 0. The number of carbonyl (C=O) groups excluding carboxylic acids is 1. The summed E-state index contributed by atoms with van der Waals surface area (Å²) in [7, 11) is 0. The van der Waals surface area contributed by atoms with Gasteiger partial charge in [-0.05, 0) is 29.9 Å². The van der Waals surface area contributed by atoms with Crippen LogP contribution >= 0.6 is 35.4 Å². The number of amides is 1. The second-order valence-electron chi connectivity index (χ2n) is 2.96. The van der Waals surface area contributed by atoms with Crippen LogP contribution in [0.1, 0.15) is 5.56 Å². The highest BCUT2D eigenvalue weighted by Gasteiger charge is 2.05. The third-order valence-corrected chi connectivity index (χ3v) is 2.51. The smallest absolute Gasteiger partial charge is 0.242 e. The van der Waals surface area contributed by atoms with Crippen LogP contribution in [0.15, 0.2) is 18.2 Å². The molecule has 4 N–H and O–H groups in total. The molecule has 0 heterocycles. The molecule has 0 unspecified atom stereocenters. The molecular formula is C9H9Cl2N3OS. The monoisotopic (exact) mass is 277 g/mol. The van der Waals surface area contributed by atoms with Crippen molar-refractivity contribution >= 4 is 46.4 Å². The first-order valence-electron chi connectivity index (χ1n) is 4.27. The lowest BCUT2D eigenvalue weighted by Gasteiger charge is -2.06. The van der Waals surface area contributed by atoms with Crippen molar-refractivity contribution in [1.29, 1.82) is 0 Å². The molecule has 1 aromatic rings. The summed E-state index contributed by atoms with van der Waals surface area (Å²) in [6.45, 7) is 0. The summed E-state index contributed by atoms with van der Waals surface area (Å²) in [5.41, 5.74) is 10.6. The van der Waals surface area contributed by atoms with Crippen LogP contribution in [-0.2, 0) is 11.2 Å². The van der Waals surface area contributed by atoms with E-state index in [1.165, 1.54) is 0 Å². The normalized spacial score (nSPS) is 9.62. The molecule has 1 rings (SSSR count). The molecule has 16 heavy (non-hydrogen) atoms. The van der Waals surface area contributed by atoms with Gasteiger partial charge in [-0.3, -0.25) is 15.6 Å². The first kappa shape index (κ1) is 13.0. The Morgan fingerprint density at radius 2 is 2.00 bits per heavy atom. The van der Waals surface area contributed by atoms with E-state index in [2.05, 4.69) is 23.1 Å². The van der Waals surface area contributed by atoms with Gasteiger partial charge in [-0.25, -0.2) is 0 Å². The van der Waals surface area contributed by atoms with E-state index in [0.717, 1.165) is 5.56 Å². The van der Waals surface area contributed by atoms with E-state index >= 15 is 0 Å². The Kier molecular flexibility index (Phi) is 4.79. The Bertz CT molecular complexity index is 425. The zero-order chi connectivity index (χ0) is 12.1. The zero-order valence-corrected chi connectivity index (χ0v) is 10.4. The molecule has 0 aliphatic rings. The van der Waals surface area contributed by atoms with E-state index in [1.54, 1.807) is 18.2 Å². The Labute approximate surface area is 108 Å². The van der Waals surface area contributed by atoms with Gasteiger partial charge in [0.15, 0.2) is 5.11 Å². The van der Waals surface area contributed by atoms with Crippen molar-refractivity contribution in [1.82, 2.24) is 10.9 Å². The summed E-state index contributed by atoms with van der Waals surface area (Å²) in [5.74, 6) is -0.272. The van der Waals surface area contributed by atoms with Crippen molar-refractivity contribution in [2.75, 3.05) is 0 Å². The number of thiocarbonyl (C=S) groups is 1. The predicted molar refractivity (Wildman–Crippen MR) is 68.2 cm³/mol. The number of hydrogen-bond donors (Lipinski definition) is 3. The second-order valence-corrected chi connectivity index (χ2v) is 4.22. The number of hydrazine groups is 1. The topological polar surface area (TPSA) is 67.2 Å². The first-order valence-corrected chi connectivity index (χ1v) is 5.43. The molecule has 7 heteroatoms. The molecule has 0 aliphatic heterocycles. The van der Waals surface area contributed by atoms with Crippen LogP contribution in [-0.4, -0.2) is 11.0 Å². The molecular weight excluding hydrogens is 269 g/mol. The van der Waals surface area contributed by atoms with Crippen LogP contribution in [0.5, 0.6) is 0 Å². The van der Waals surface area contributed by atoms with Crippen LogP contribution < -0.4 is 16.6 Å². The molecule has 1 amide bonds. The van der Waals surface area contributed by atoms with Gasteiger partial charge < -0.3 is 5.73 Å². The van der Waals surface area contributed by atoms with Crippen LogP contribution in [0, 0.1) is 0 Å². The lowest BCUT2D eigenvalue weighted by molar-refractivity contribution is -0.121. The van der Waals surface area contributed by atoms with Crippen molar-refractivity contribution in [3.05, 3.63) is 33.8 Å². The average molecular weight is 278 g/mol. The standard InChI is InChI=1S/C9H9Cl2N3OS/c10-6-2-1-5(3-7(6)11)4-8(15)13-14-9(12)16/h1-3H,4H2,(H,13,15)(H3,12,14,16). The average Bonchev–Trinajstić information content (AvgIpc) is 2.21. The molecule has 0 spiro atoms. The van der Waals surface area contributed by atoms with Gasteiger partial charge in [0, 0.05) is 0 Å². The third kappa shape index (κ3) is 4.22. The van der Waals surface area contributed by atoms with Gasteiger partial charge in [-0.15, -0.1) is 0 Å². The molecule has 0 bridgehead atoms. The molecule has 86 valence electrons. The summed E-state index contributed by atoms with van der Waals surface area (Å²) in [4.78, 5) is 11.3. The molecule has 0 radical (unpaired) electrons. The van der Waals surface area contributed by atoms with Gasteiger partial charge in [0.05, 0.1) is 16.5 Å². The molecule has 0 atom stereocenters.